The Bertz CT molecular complexity index is 83.6. The van der Waals surface area contributed by atoms with E-state index in [0.717, 1.165) is 31.3 Å². The molecule has 2 nitrogen and oxygen atoms in total. The summed E-state index contributed by atoms with van der Waals surface area (Å²) in [6, 6.07) is 0. The molecule has 0 aliphatic rings. The van der Waals surface area contributed by atoms with Crippen LogP contribution in [0.1, 0.15) is 27.2 Å². The average Bonchev–Trinajstić information content (AvgIpc) is 1.97. The molecule has 0 radical (unpaired) electrons. The van der Waals surface area contributed by atoms with Gasteiger partial charge in [-0.1, -0.05) is 20.8 Å². The van der Waals surface area contributed by atoms with E-state index in [0.29, 0.717) is 6.61 Å². The molecule has 11 heavy (non-hydrogen) atoms. The van der Waals surface area contributed by atoms with Gasteiger partial charge in [0.1, 0.15) is 0 Å². The van der Waals surface area contributed by atoms with E-state index in [1.165, 1.54) is 0 Å². The van der Waals surface area contributed by atoms with Crippen LogP contribution in [0.3, 0.4) is 0 Å². The third-order valence-electron chi connectivity index (χ3n) is 2.12. The first-order valence-electron chi connectivity index (χ1n) is 4.50. The number of rotatable bonds is 6. The van der Waals surface area contributed by atoms with Crippen LogP contribution in [-0.2, 0) is 0 Å². The maximum atomic E-state index is 8.50. The molecule has 0 aliphatic carbocycles. The second kappa shape index (κ2) is 6.62. The van der Waals surface area contributed by atoms with E-state index in [-0.39, 0.29) is 0 Å². The summed E-state index contributed by atoms with van der Waals surface area (Å²) in [7, 11) is 0. The highest BCUT2D eigenvalue weighted by Gasteiger charge is 2.04. The van der Waals surface area contributed by atoms with Gasteiger partial charge in [-0.2, -0.15) is 0 Å². The highest BCUT2D eigenvalue weighted by Crippen LogP contribution is 2.07. The van der Waals surface area contributed by atoms with Crippen LogP contribution in [0.25, 0.3) is 0 Å². The van der Waals surface area contributed by atoms with Crippen molar-refractivity contribution < 1.29 is 5.11 Å². The van der Waals surface area contributed by atoms with E-state index in [2.05, 4.69) is 26.1 Å². The Morgan fingerprint density at radius 2 is 1.91 bits per heavy atom. The highest BCUT2D eigenvalue weighted by molar-refractivity contribution is 4.59. The van der Waals surface area contributed by atoms with Gasteiger partial charge in [-0.05, 0) is 31.3 Å². The van der Waals surface area contributed by atoms with Crippen LogP contribution < -0.4 is 5.32 Å². The van der Waals surface area contributed by atoms with Crippen molar-refractivity contribution in [2.45, 2.75) is 27.2 Å². The Labute approximate surface area is 70.0 Å². The Hall–Kier alpha value is -0.0800. The summed E-state index contributed by atoms with van der Waals surface area (Å²) >= 11 is 0. The van der Waals surface area contributed by atoms with Crippen molar-refractivity contribution in [3.63, 3.8) is 0 Å². The van der Waals surface area contributed by atoms with E-state index in [1.807, 2.05) is 0 Å². The highest BCUT2D eigenvalue weighted by atomic mass is 16.3. The quantitative estimate of drug-likeness (QED) is 0.572. The van der Waals surface area contributed by atoms with Gasteiger partial charge in [0, 0.05) is 6.61 Å². The number of aliphatic hydroxyl groups excluding tert-OH is 1. The van der Waals surface area contributed by atoms with Crippen molar-refractivity contribution in [2.75, 3.05) is 19.7 Å². The topological polar surface area (TPSA) is 32.3 Å². The van der Waals surface area contributed by atoms with Crippen LogP contribution >= 0.6 is 0 Å². The van der Waals surface area contributed by atoms with Crippen LogP contribution in [-0.4, -0.2) is 24.8 Å². The van der Waals surface area contributed by atoms with Gasteiger partial charge >= 0.3 is 0 Å². The minimum Gasteiger partial charge on any atom is -0.396 e. The fourth-order valence-electron chi connectivity index (χ4n) is 0.769. The normalized spacial score (nSPS) is 13.9. The average molecular weight is 159 g/mol. The molecule has 0 rings (SSSR count). The summed E-state index contributed by atoms with van der Waals surface area (Å²) in [6.45, 7) is 9.02. The first kappa shape index (κ1) is 10.9. The molecule has 2 heteroatoms. The van der Waals surface area contributed by atoms with E-state index in [4.69, 9.17) is 5.11 Å². The van der Waals surface area contributed by atoms with Crippen molar-refractivity contribution in [1.82, 2.24) is 5.32 Å². The molecule has 0 spiro atoms. The van der Waals surface area contributed by atoms with Gasteiger partial charge < -0.3 is 10.4 Å². The van der Waals surface area contributed by atoms with Crippen molar-refractivity contribution in [2.24, 2.45) is 11.8 Å². The second-order valence-corrected chi connectivity index (χ2v) is 3.50. The van der Waals surface area contributed by atoms with Crippen molar-refractivity contribution in [1.29, 1.82) is 0 Å². The van der Waals surface area contributed by atoms with E-state index in [1.54, 1.807) is 0 Å². The molecule has 0 aromatic rings. The predicted octanol–water partition coefficient (Wildman–Crippen LogP) is 1.25. The fourth-order valence-corrected chi connectivity index (χ4v) is 0.769. The zero-order chi connectivity index (χ0) is 8.69. The molecule has 0 heterocycles. The Kier molecular flexibility index (Phi) is 6.57. The SMILES string of the molecule is CC(C)C(C)CNCCCO. The van der Waals surface area contributed by atoms with Crippen LogP contribution in [0, 0.1) is 11.8 Å². The standard InChI is InChI=1S/C9H21NO/c1-8(2)9(3)7-10-5-4-6-11/h8-11H,4-7H2,1-3H3. The monoisotopic (exact) mass is 159 g/mol. The number of hydrogen-bond acceptors (Lipinski definition) is 2. The second-order valence-electron chi connectivity index (χ2n) is 3.50. The molecular formula is C9H21NO. The van der Waals surface area contributed by atoms with Crippen molar-refractivity contribution in [3.05, 3.63) is 0 Å². The molecule has 0 fully saturated rings. The first-order valence-corrected chi connectivity index (χ1v) is 4.50. The lowest BCUT2D eigenvalue weighted by molar-refractivity contribution is 0.282. The van der Waals surface area contributed by atoms with Gasteiger partial charge in [0.15, 0.2) is 0 Å². The zero-order valence-corrected chi connectivity index (χ0v) is 7.93. The first-order chi connectivity index (χ1) is 5.18. The third-order valence-corrected chi connectivity index (χ3v) is 2.12. The van der Waals surface area contributed by atoms with Crippen LogP contribution in [0.4, 0.5) is 0 Å². The summed E-state index contributed by atoms with van der Waals surface area (Å²) < 4.78 is 0. The van der Waals surface area contributed by atoms with Crippen LogP contribution in [0.2, 0.25) is 0 Å². The summed E-state index contributed by atoms with van der Waals surface area (Å²) in [4.78, 5) is 0. The number of nitrogens with one attached hydrogen (secondary N) is 1. The van der Waals surface area contributed by atoms with Gasteiger partial charge in [-0.15, -0.1) is 0 Å². The minimum absolute atomic E-state index is 0.295. The van der Waals surface area contributed by atoms with E-state index in [9.17, 15) is 0 Å². The van der Waals surface area contributed by atoms with E-state index < -0.39 is 0 Å². The molecule has 0 aromatic carbocycles. The molecular weight excluding hydrogens is 138 g/mol. The smallest absolute Gasteiger partial charge is 0.0443 e. The number of aliphatic hydroxyl groups is 1. The van der Waals surface area contributed by atoms with Gasteiger partial charge in [0.25, 0.3) is 0 Å². The lowest BCUT2D eigenvalue weighted by Crippen LogP contribution is -2.25. The van der Waals surface area contributed by atoms with Gasteiger partial charge in [0.2, 0.25) is 0 Å². The lowest BCUT2D eigenvalue weighted by atomic mass is 9.98. The molecule has 0 bridgehead atoms. The predicted molar refractivity (Wildman–Crippen MR) is 48.6 cm³/mol. The Balaban J connectivity index is 3.10. The maximum Gasteiger partial charge on any atom is 0.0443 e. The molecule has 0 saturated heterocycles. The zero-order valence-electron chi connectivity index (χ0n) is 7.93. The van der Waals surface area contributed by atoms with Crippen LogP contribution in [0.15, 0.2) is 0 Å². The van der Waals surface area contributed by atoms with Gasteiger partial charge in [-0.25, -0.2) is 0 Å². The summed E-state index contributed by atoms with van der Waals surface area (Å²) in [5.41, 5.74) is 0. The molecule has 68 valence electrons. The number of hydrogen-bond donors (Lipinski definition) is 2. The third kappa shape index (κ3) is 6.32. The molecule has 0 saturated carbocycles. The molecule has 0 aliphatic heterocycles. The van der Waals surface area contributed by atoms with E-state index >= 15 is 0 Å². The lowest BCUT2D eigenvalue weighted by Gasteiger charge is -2.15. The van der Waals surface area contributed by atoms with Crippen LogP contribution in [0.5, 0.6) is 0 Å². The maximum absolute atomic E-state index is 8.50. The molecule has 2 N–H and O–H groups in total. The van der Waals surface area contributed by atoms with Crippen molar-refractivity contribution >= 4 is 0 Å². The Morgan fingerprint density at radius 1 is 1.27 bits per heavy atom. The largest absolute Gasteiger partial charge is 0.396 e. The molecule has 0 aromatic heterocycles. The summed E-state index contributed by atoms with van der Waals surface area (Å²) in [5, 5.41) is 11.8. The molecule has 1 atom stereocenters. The molecule has 0 amide bonds. The van der Waals surface area contributed by atoms with Gasteiger partial charge in [-0.3, -0.25) is 0 Å². The van der Waals surface area contributed by atoms with Gasteiger partial charge in [0.05, 0.1) is 0 Å². The summed E-state index contributed by atoms with van der Waals surface area (Å²) in [5.74, 6) is 1.48. The van der Waals surface area contributed by atoms with Crippen molar-refractivity contribution in [3.8, 4) is 0 Å². The Morgan fingerprint density at radius 3 is 2.36 bits per heavy atom. The fraction of sp³-hybridized carbons (Fsp3) is 1.00. The minimum atomic E-state index is 0.295. The molecule has 1 unspecified atom stereocenters. The summed E-state index contributed by atoms with van der Waals surface area (Å²) in [6.07, 6.45) is 0.866.